The Balaban J connectivity index is 0.000000555. The largest absolute Gasteiger partial charge is 1.00 e. The molecule has 2 heterocycles. The van der Waals surface area contributed by atoms with Crippen LogP contribution >= 0.6 is 0 Å². The van der Waals surface area contributed by atoms with Gasteiger partial charge in [-0.05, 0) is 103 Å². The number of halogens is 9. The maximum absolute atomic E-state index is 13.5. The standard InChI is InChI=1S/C30H39F3N6O3.C29H36F3N5O2.3ClH/c1-39(15-12-34,16-13-35)14-4-6-24(36)29(42)38-27(28(41)21-8-10-23(11-9-21)30(31,32)33)26(40)18-20-17-22-5-2-3-7-25(22)37-19-20;1-37(2,15-13-33)14-5-7-24(34)28(39)36-26(17-20-9-11-23(12-10-20)29(30,31)32)27(38)18-21-16-22-6-3-4-8-25(22)35-19-21;;;/h2-3,5,7-11,17,19,24,27-28,41H,4,6,12-16,18,34-36H2,1H3;3-4,6,8-12,16,19,24,26H,5,7,13-15,17-18,33-34H2,1-2H3;3*1H/p-1/t24-,27-,28-;24-,26-;;;/m00.../s1. The van der Waals surface area contributed by atoms with E-state index in [4.69, 9.17) is 28.7 Å². The summed E-state index contributed by atoms with van der Waals surface area (Å²) in [5.74, 6) is -1.95. The van der Waals surface area contributed by atoms with Crippen molar-refractivity contribution in [1.29, 1.82) is 0 Å². The van der Waals surface area contributed by atoms with Gasteiger partial charge in [0.25, 0.3) is 0 Å². The number of carbonyl (C=O) groups excluding carboxylic acids is 4. The van der Waals surface area contributed by atoms with Crippen LogP contribution in [0.3, 0.4) is 0 Å². The molecule has 5 atom stereocenters. The first-order valence-electron chi connectivity index (χ1n) is 26.9. The minimum Gasteiger partial charge on any atom is -1.00 e. The molecule has 0 saturated carbocycles. The number of hydrogen-bond donors (Lipinski definition) is 8. The van der Waals surface area contributed by atoms with E-state index in [0.717, 1.165) is 84.4 Å². The van der Waals surface area contributed by atoms with Gasteiger partial charge in [-0.25, -0.2) is 0 Å². The van der Waals surface area contributed by atoms with E-state index < -0.39 is 71.3 Å². The number of aromatic nitrogens is 2. The summed E-state index contributed by atoms with van der Waals surface area (Å²) >= 11 is 0. The molecule has 0 fully saturated rings. The molecule has 0 radical (unpaired) electrons. The maximum atomic E-state index is 13.5. The Hall–Kier alpha value is -5.89. The minimum absolute atomic E-state index is 0. The monoisotopic (exact) mass is 1240 g/mol. The molecule has 0 aliphatic rings. The molecule has 2 aromatic heterocycles. The highest BCUT2D eigenvalue weighted by Crippen LogP contribution is 2.32. The Morgan fingerprint density at radius 1 is 0.560 bits per heavy atom. The summed E-state index contributed by atoms with van der Waals surface area (Å²) in [6.45, 7) is 5.26. The SMILES string of the molecule is C[N+](C)(CCN)CCC[C@H](N)C(=O)N[C@@H](Cc1ccc(C(F)(F)F)cc1)C(=O)Cc1cnc2ccccc2c1.C[N+](CCN)(CCN)CCC[C@H](N)C(=O)N[C@@H](C(=O)Cc1cnc2ccccc2c1)[C@@H](O)c1ccc(C(F)(F)F)cc1.[Cl-].[Cl-].[Cl-]. The second-order valence-corrected chi connectivity index (χ2v) is 21.4. The number of fused-ring (bicyclic) bond motifs is 2. The molecule has 16 nitrogen and oxygen atoms in total. The highest BCUT2D eigenvalue weighted by Gasteiger charge is 2.35. The van der Waals surface area contributed by atoms with Gasteiger partial charge in [0.2, 0.25) is 11.8 Å². The molecule has 84 heavy (non-hydrogen) atoms. The van der Waals surface area contributed by atoms with Gasteiger partial charge in [-0.3, -0.25) is 29.1 Å². The number of para-hydroxylation sites is 2. The Morgan fingerprint density at radius 3 is 1.45 bits per heavy atom. The number of rotatable bonds is 28. The fraction of sp³-hybridized carbons (Fsp3) is 0.424. The van der Waals surface area contributed by atoms with Gasteiger partial charge >= 0.3 is 12.4 Å². The van der Waals surface area contributed by atoms with Gasteiger partial charge < -0.3 is 90.6 Å². The highest BCUT2D eigenvalue weighted by molar-refractivity contribution is 5.94. The molecule has 0 spiro atoms. The number of aliphatic hydroxyl groups excluding tert-OH is 1. The lowest BCUT2D eigenvalue weighted by Gasteiger charge is -2.34. The number of alkyl halides is 6. The van der Waals surface area contributed by atoms with E-state index >= 15 is 0 Å². The topological polar surface area (TPSA) is 268 Å². The van der Waals surface area contributed by atoms with E-state index in [1.165, 1.54) is 18.3 Å². The molecular weight excluding hydrogens is 1160 g/mol. The van der Waals surface area contributed by atoms with Gasteiger partial charge in [-0.1, -0.05) is 60.7 Å². The summed E-state index contributed by atoms with van der Waals surface area (Å²) in [5, 5.41) is 18.1. The number of quaternary nitrogens is 2. The second-order valence-electron chi connectivity index (χ2n) is 21.4. The number of Topliss-reactive ketones (excluding diaryl/α,β-unsaturated/α-hetero) is 2. The Kier molecular flexibility index (Phi) is 30.3. The summed E-state index contributed by atoms with van der Waals surface area (Å²) in [5.41, 5.74) is 31.1. The summed E-state index contributed by atoms with van der Waals surface area (Å²) in [4.78, 5) is 61.7. The normalized spacial score (nSPS) is 13.6. The molecule has 0 unspecified atom stereocenters. The third kappa shape index (κ3) is 23.2. The molecule has 6 aromatic rings. The number of amides is 2. The molecular formula is C59H77Cl3F6N11O5-. The molecule has 4 aromatic carbocycles. The predicted octanol–water partition coefficient (Wildman–Crippen LogP) is -3.70. The fourth-order valence-electron chi connectivity index (χ4n) is 9.42. The third-order valence-corrected chi connectivity index (χ3v) is 14.3. The van der Waals surface area contributed by atoms with E-state index in [1.807, 2.05) is 61.6 Å². The average molecular weight is 1240 g/mol. The second kappa shape index (κ2) is 34.3. The van der Waals surface area contributed by atoms with Crippen LogP contribution in [0.1, 0.15) is 65.2 Å². The van der Waals surface area contributed by atoms with E-state index in [0.29, 0.717) is 77.5 Å². The summed E-state index contributed by atoms with van der Waals surface area (Å²) < 4.78 is 79.6. The van der Waals surface area contributed by atoms with Crippen LogP contribution in [-0.4, -0.2) is 145 Å². The van der Waals surface area contributed by atoms with Gasteiger partial charge in [0.05, 0.1) is 94.2 Å². The number of aliphatic hydroxyl groups is 1. The van der Waals surface area contributed by atoms with Gasteiger partial charge in [-0.2, -0.15) is 26.3 Å². The van der Waals surface area contributed by atoms with Crippen LogP contribution in [0.4, 0.5) is 26.3 Å². The first-order chi connectivity index (χ1) is 38.2. The van der Waals surface area contributed by atoms with Crippen molar-refractivity contribution in [3.8, 4) is 0 Å². The average Bonchev–Trinajstić information content (AvgIpc) is 3.63. The van der Waals surface area contributed by atoms with Crippen molar-refractivity contribution >= 4 is 45.2 Å². The molecule has 0 aliphatic carbocycles. The quantitative estimate of drug-likeness (QED) is 0.0175. The molecule has 0 saturated heterocycles. The van der Waals surface area contributed by atoms with Crippen LogP contribution in [-0.2, 0) is 50.8 Å². The van der Waals surface area contributed by atoms with Crippen LogP contribution in [0.2, 0.25) is 0 Å². The molecule has 462 valence electrons. The van der Waals surface area contributed by atoms with Crippen molar-refractivity contribution in [1.82, 2.24) is 20.6 Å². The molecule has 13 N–H and O–H groups in total. The lowest BCUT2D eigenvalue weighted by molar-refractivity contribution is -0.907. The van der Waals surface area contributed by atoms with Crippen molar-refractivity contribution in [2.75, 3.05) is 73.5 Å². The summed E-state index contributed by atoms with van der Waals surface area (Å²) in [7, 11) is 6.14. The highest BCUT2D eigenvalue weighted by atomic mass is 35.5. The maximum Gasteiger partial charge on any atom is 0.416 e. The van der Waals surface area contributed by atoms with Crippen LogP contribution in [0, 0.1) is 0 Å². The number of benzene rings is 4. The number of carbonyl (C=O) groups is 4. The summed E-state index contributed by atoms with van der Waals surface area (Å²) in [6.07, 6.45) is -5.61. The lowest BCUT2D eigenvalue weighted by Crippen LogP contribution is -3.00. The minimum atomic E-state index is -4.56. The van der Waals surface area contributed by atoms with E-state index in [9.17, 15) is 50.6 Å². The van der Waals surface area contributed by atoms with Gasteiger partial charge in [0, 0.05) is 55.6 Å². The van der Waals surface area contributed by atoms with Gasteiger partial charge in [-0.15, -0.1) is 0 Å². The molecule has 2 amide bonds. The van der Waals surface area contributed by atoms with Crippen molar-refractivity contribution < 1.29 is 96.8 Å². The number of pyridine rings is 2. The first kappa shape index (κ1) is 74.2. The molecule has 0 aliphatic heterocycles. The Labute approximate surface area is 505 Å². The van der Waals surface area contributed by atoms with Crippen molar-refractivity contribution in [2.45, 2.75) is 87.6 Å². The molecule has 0 bridgehead atoms. The Bertz CT molecular complexity index is 3010. The van der Waals surface area contributed by atoms with Gasteiger partial charge in [0.15, 0.2) is 11.6 Å². The van der Waals surface area contributed by atoms with E-state index in [1.54, 1.807) is 12.3 Å². The van der Waals surface area contributed by atoms with E-state index in [2.05, 4.69) is 34.7 Å². The fourth-order valence-corrected chi connectivity index (χ4v) is 9.42. The van der Waals surface area contributed by atoms with Crippen LogP contribution in [0.15, 0.2) is 122 Å². The third-order valence-electron chi connectivity index (χ3n) is 14.3. The molecule has 6 rings (SSSR count). The number of nitrogens with two attached hydrogens (primary N) is 5. The molecule has 25 heteroatoms. The van der Waals surface area contributed by atoms with Crippen LogP contribution in [0.25, 0.3) is 21.8 Å². The van der Waals surface area contributed by atoms with E-state index in [-0.39, 0.29) is 67.8 Å². The first-order valence-corrected chi connectivity index (χ1v) is 26.9. The predicted molar refractivity (Wildman–Crippen MR) is 301 cm³/mol. The number of hydrogen-bond acceptors (Lipinski definition) is 12. The van der Waals surface area contributed by atoms with Crippen molar-refractivity contribution in [2.24, 2.45) is 28.7 Å². The smallest absolute Gasteiger partial charge is 0.416 e. The number of nitrogens with zero attached hydrogens (tertiary/aromatic N) is 4. The lowest BCUT2D eigenvalue weighted by atomic mass is 9.94. The zero-order valence-corrected chi connectivity index (χ0v) is 49.5. The summed E-state index contributed by atoms with van der Waals surface area (Å²) in [6, 6.07) is 22.7. The van der Waals surface area contributed by atoms with Gasteiger partial charge in [0.1, 0.15) is 12.1 Å². The van der Waals surface area contributed by atoms with Crippen LogP contribution < -0.4 is 76.5 Å². The Morgan fingerprint density at radius 2 is 0.988 bits per heavy atom. The van der Waals surface area contributed by atoms with Crippen LogP contribution in [0.5, 0.6) is 0 Å². The number of nitrogens with one attached hydrogen (secondary N) is 2. The van der Waals surface area contributed by atoms with Crippen molar-refractivity contribution in [3.63, 3.8) is 0 Å². The number of likely N-dealkylation sites (N-methyl/N-ethyl adjacent to an activating group) is 2. The van der Waals surface area contributed by atoms with Crippen molar-refractivity contribution in [3.05, 3.63) is 155 Å². The zero-order valence-electron chi connectivity index (χ0n) is 47.2. The zero-order chi connectivity index (χ0) is 59.5. The number of ketones is 2.